The van der Waals surface area contributed by atoms with E-state index in [1.54, 1.807) is 0 Å². The van der Waals surface area contributed by atoms with Crippen LogP contribution >= 0.6 is 0 Å². The third-order valence-electron chi connectivity index (χ3n) is 4.49. The number of fused-ring (bicyclic) bond motifs is 1. The molecule has 2 saturated heterocycles. The topological polar surface area (TPSA) is 44.3 Å². The fourth-order valence-electron chi connectivity index (χ4n) is 3.44. The van der Waals surface area contributed by atoms with E-state index in [4.69, 9.17) is 0 Å². The largest absolute Gasteiger partial charge is 0.370 e. The summed E-state index contributed by atoms with van der Waals surface area (Å²) in [7, 11) is 0. The van der Waals surface area contributed by atoms with Crippen molar-refractivity contribution in [2.45, 2.75) is 45.7 Å². The minimum atomic E-state index is 0.765. The first-order chi connectivity index (χ1) is 10.2. The van der Waals surface area contributed by atoms with Crippen LogP contribution in [0.2, 0.25) is 0 Å². The first-order valence-corrected chi connectivity index (χ1v) is 8.29. The summed E-state index contributed by atoms with van der Waals surface area (Å²) in [6, 6.07) is 2.80. The van der Waals surface area contributed by atoms with Crippen LogP contribution in [0.25, 0.3) is 0 Å². The number of anilines is 1. The summed E-state index contributed by atoms with van der Waals surface area (Å²) in [5, 5.41) is 3.37. The summed E-state index contributed by atoms with van der Waals surface area (Å²) in [4.78, 5) is 14.4. The Morgan fingerprint density at radius 2 is 2.19 bits per heavy atom. The number of rotatable bonds is 5. The molecule has 2 aliphatic heterocycles. The molecule has 0 spiro atoms. The molecule has 3 rings (SSSR count). The Morgan fingerprint density at radius 3 is 3.05 bits per heavy atom. The normalized spacial score (nSPS) is 23.2. The molecular formula is C16H27N5. The van der Waals surface area contributed by atoms with Gasteiger partial charge in [-0.3, -0.25) is 9.80 Å². The van der Waals surface area contributed by atoms with E-state index in [-0.39, 0.29) is 0 Å². The van der Waals surface area contributed by atoms with Crippen molar-refractivity contribution in [3.05, 3.63) is 17.6 Å². The molecule has 1 atom stereocenters. The maximum atomic E-state index is 4.67. The van der Waals surface area contributed by atoms with Crippen molar-refractivity contribution in [2.75, 3.05) is 38.0 Å². The van der Waals surface area contributed by atoms with Gasteiger partial charge in [-0.25, -0.2) is 9.97 Å². The highest BCUT2D eigenvalue weighted by Gasteiger charge is 2.30. The van der Waals surface area contributed by atoms with Crippen LogP contribution in [0.15, 0.2) is 6.07 Å². The monoisotopic (exact) mass is 289 g/mol. The number of aromatic nitrogens is 2. The van der Waals surface area contributed by atoms with Gasteiger partial charge >= 0.3 is 0 Å². The van der Waals surface area contributed by atoms with Crippen molar-refractivity contribution in [1.82, 2.24) is 19.8 Å². The molecule has 1 N–H and O–H groups in total. The molecule has 5 nitrogen and oxygen atoms in total. The summed E-state index contributed by atoms with van der Waals surface area (Å²) >= 11 is 0. The molecule has 0 saturated carbocycles. The molecular weight excluding hydrogens is 262 g/mol. The molecule has 1 aromatic rings. The van der Waals surface area contributed by atoms with E-state index < -0.39 is 0 Å². The van der Waals surface area contributed by atoms with Crippen LogP contribution in [0.4, 0.5) is 5.82 Å². The van der Waals surface area contributed by atoms with Gasteiger partial charge in [-0.1, -0.05) is 6.92 Å². The second-order valence-electron chi connectivity index (χ2n) is 6.30. The summed E-state index contributed by atoms with van der Waals surface area (Å²) in [5.74, 6) is 1.93. The number of hydrogen-bond acceptors (Lipinski definition) is 5. The van der Waals surface area contributed by atoms with E-state index in [9.17, 15) is 0 Å². The van der Waals surface area contributed by atoms with Gasteiger partial charge in [0.1, 0.15) is 11.6 Å². The Hall–Kier alpha value is -1.20. The van der Waals surface area contributed by atoms with E-state index in [0.29, 0.717) is 0 Å². The number of nitrogens with zero attached hydrogens (tertiary/aromatic N) is 4. The Balaban J connectivity index is 1.62. The molecule has 2 aliphatic rings. The van der Waals surface area contributed by atoms with Crippen molar-refractivity contribution in [2.24, 2.45) is 0 Å². The number of piperazine rings is 1. The van der Waals surface area contributed by atoms with Crippen molar-refractivity contribution in [3.63, 3.8) is 0 Å². The Kier molecular flexibility index (Phi) is 4.70. The van der Waals surface area contributed by atoms with Crippen LogP contribution < -0.4 is 5.32 Å². The zero-order valence-electron chi connectivity index (χ0n) is 13.3. The van der Waals surface area contributed by atoms with Gasteiger partial charge in [0, 0.05) is 44.0 Å². The lowest BCUT2D eigenvalue weighted by Crippen LogP contribution is -2.49. The Labute approximate surface area is 127 Å². The van der Waals surface area contributed by atoms with Crippen molar-refractivity contribution < 1.29 is 0 Å². The Bertz CT molecular complexity index is 476. The van der Waals surface area contributed by atoms with Crippen LogP contribution in [0.3, 0.4) is 0 Å². The predicted octanol–water partition coefficient (Wildman–Crippen LogP) is 1.89. The van der Waals surface area contributed by atoms with Crippen molar-refractivity contribution >= 4 is 5.82 Å². The molecule has 5 heteroatoms. The highest BCUT2D eigenvalue weighted by Crippen LogP contribution is 2.22. The van der Waals surface area contributed by atoms with E-state index in [1.165, 1.54) is 32.5 Å². The summed E-state index contributed by atoms with van der Waals surface area (Å²) < 4.78 is 0. The van der Waals surface area contributed by atoms with E-state index in [2.05, 4.69) is 38.9 Å². The van der Waals surface area contributed by atoms with Gasteiger partial charge in [0.2, 0.25) is 0 Å². The maximum absolute atomic E-state index is 4.67. The molecule has 0 aromatic carbocycles. The lowest BCUT2D eigenvalue weighted by Gasteiger charge is -2.37. The third-order valence-corrected chi connectivity index (χ3v) is 4.49. The minimum absolute atomic E-state index is 0.765. The lowest BCUT2D eigenvalue weighted by molar-refractivity contribution is 0.0974. The first-order valence-electron chi connectivity index (χ1n) is 8.29. The minimum Gasteiger partial charge on any atom is -0.370 e. The summed E-state index contributed by atoms with van der Waals surface area (Å²) in [6.45, 7) is 10.9. The van der Waals surface area contributed by atoms with E-state index in [0.717, 1.165) is 49.4 Å². The molecule has 116 valence electrons. The van der Waals surface area contributed by atoms with E-state index in [1.807, 2.05) is 6.07 Å². The number of hydrogen-bond donors (Lipinski definition) is 1. The fraction of sp³-hybridized carbons (Fsp3) is 0.750. The number of aryl methyl sites for hydroxylation is 1. The molecule has 0 bridgehead atoms. The van der Waals surface area contributed by atoms with Gasteiger partial charge in [-0.2, -0.15) is 0 Å². The van der Waals surface area contributed by atoms with Gasteiger partial charge in [0.05, 0.1) is 6.54 Å². The van der Waals surface area contributed by atoms with Gasteiger partial charge in [0.25, 0.3) is 0 Å². The zero-order valence-corrected chi connectivity index (χ0v) is 13.3. The SMILES string of the molecule is CCCNc1cc(C)nc(CN2CCN3CCCC3C2)n1. The molecule has 1 aromatic heterocycles. The summed E-state index contributed by atoms with van der Waals surface area (Å²) in [5.41, 5.74) is 1.05. The van der Waals surface area contributed by atoms with Crippen LogP contribution in [0.5, 0.6) is 0 Å². The van der Waals surface area contributed by atoms with Crippen LogP contribution in [-0.4, -0.2) is 58.5 Å². The standard InChI is InChI=1S/C16H27N5/c1-3-6-17-15-10-13(2)18-16(19-15)12-20-8-9-21-7-4-5-14(21)11-20/h10,14H,3-9,11-12H2,1-2H3,(H,17,18,19). The molecule has 0 radical (unpaired) electrons. The number of nitrogens with one attached hydrogen (secondary N) is 1. The predicted molar refractivity (Wildman–Crippen MR) is 85.4 cm³/mol. The zero-order chi connectivity index (χ0) is 14.7. The lowest BCUT2D eigenvalue weighted by atomic mass is 10.1. The van der Waals surface area contributed by atoms with Gasteiger partial charge < -0.3 is 5.32 Å². The van der Waals surface area contributed by atoms with E-state index >= 15 is 0 Å². The van der Waals surface area contributed by atoms with Gasteiger partial charge in [-0.15, -0.1) is 0 Å². The van der Waals surface area contributed by atoms with Crippen LogP contribution in [-0.2, 0) is 6.54 Å². The van der Waals surface area contributed by atoms with Crippen LogP contribution in [0, 0.1) is 6.92 Å². The first kappa shape index (κ1) is 14.7. The molecule has 21 heavy (non-hydrogen) atoms. The molecule has 2 fully saturated rings. The third kappa shape index (κ3) is 3.71. The second-order valence-corrected chi connectivity index (χ2v) is 6.30. The molecule has 1 unspecified atom stereocenters. The average Bonchev–Trinajstić information content (AvgIpc) is 2.92. The van der Waals surface area contributed by atoms with Crippen molar-refractivity contribution in [1.29, 1.82) is 0 Å². The smallest absolute Gasteiger partial charge is 0.144 e. The van der Waals surface area contributed by atoms with Crippen LogP contribution in [0.1, 0.15) is 37.7 Å². The fourth-order valence-corrected chi connectivity index (χ4v) is 3.44. The highest BCUT2D eigenvalue weighted by molar-refractivity contribution is 5.35. The Morgan fingerprint density at radius 1 is 1.29 bits per heavy atom. The van der Waals surface area contributed by atoms with Gasteiger partial charge in [-0.05, 0) is 32.7 Å². The second kappa shape index (κ2) is 6.71. The molecule has 0 aliphatic carbocycles. The molecule has 0 amide bonds. The molecule has 3 heterocycles. The van der Waals surface area contributed by atoms with Crippen molar-refractivity contribution in [3.8, 4) is 0 Å². The highest BCUT2D eigenvalue weighted by atomic mass is 15.3. The quantitative estimate of drug-likeness (QED) is 0.897. The van der Waals surface area contributed by atoms with Gasteiger partial charge in [0.15, 0.2) is 0 Å². The maximum Gasteiger partial charge on any atom is 0.144 e. The average molecular weight is 289 g/mol. The summed E-state index contributed by atoms with van der Waals surface area (Å²) in [6.07, 6.45) is 3.83.